The summed E-state index contributed by atoms with van der Waals surface area (Å²) in [6, 6.07) is 20.5. The van der Waals surface area contributed by atoms with Gasteiger partial charge in [-0.15, -0.1) is 0 Å². The molecule has 0 bridgehead atoms. The van der Waals surface area contributed by atoms with Gasteiger partial charge in [0, 0.05) is 80.2 Å². The topological polar surface area (TPSA) is 163 Å². The molecule has 3 aromatic carbocycles. The maximum absolute atomic E-state index is 13.9. The van der Waals surface area contributed by atoms with Gasteiger partial charge < -0.3 is 24.3 Å². The number of fused-ring (bicyclic) bond motifs is 1. The first-order valence-corrected chi connectivity index (χ1v) is 21.6. The van der Waals surface area contributed by atoms with Gasteiger partial charge in [-0.05, 0) is 84.3 Å². The minimum Gasteiger partial charge on any atom is -0.455 e. The Morgan fingerprint density at radius 1 is 0.983 bits per heavy atom. The second kappa shape index (κ2) is 16.6. The van der Waals surface area contributed by atoms with Crippen molar-refractivity contribution in [3.05, 3.63) is 117 Å². The van der Waals surface area contributed by atoms with Gasteiger partial charge in [0.15, 0.2) is 0 Å². The van der Waals surface area contributed by atoms with Crippen LogP contribution in [0.5, 0.6) is 11.5 Å². The van der Waals surface area contributed by atoms with Gasteiger partial charge in [-0.25, -0.2) is 18.1 Å². The van der Waals surface area contributed by atoms with Crippen LogP contribution < -0.4 is 19.3 Å². The number of hydrogen-bond acceptors (Lipinski definition) is 11. The molecule has 0 unspecified atom stereocenters. The number of nitro benzene ring substituents is 1. The number of benzene rings is 3. The summed E-state index contributed by atoms with van der Waals surface area (Å²) in [6.45, 7) is 10.3. The number of morpholine rings is 1. The van der Waals surface area contributed by atoms with Gasteiger partial charge in [0.2, 0.25) is 0 Å². The molecule has 4 heterocycles. The van der Waals surface area contributed by atoms with E-state index in [4.69, 9.17) is 21.1 Å². The van der Waals surface area contributed by atoms with Gasteiger partial charge in [-0.2, -0.15) is 0 Å². The van der Waals surface area contributed by atoms with Crippen LogP contribution >= 0.6 is 11.6 Å². The van der Waals surface area contributed by atoms with Crippen LogP contribution in [0.25, 0.3) is 16.6 Å². The molecule has 16 heteroatoms. The summed E-state index contributed by atoms with van der Waals surface area (Å²) in [5, 5.41) is 13.6. The number of carbonyl (C=O) groups excluding carboxylic acids is 1. The lowest BCUT2D eigenvalue weighted by atomic mass is 9.72. The van der Waals surface area contributed by atoms with Crippen molar-refractivity contribution in [1.82, 2.24) is 19.6 Å². The summed E-state index contributed by atoms with van der Waals surface area (Å²) in [5.41, 5.74) is 5.67. The molecule has 8 rings (SSSR count). The van der Waals surface area contributed by atoms with Crippen LogP contribution in [0.2, 0.25) is 5.02 Å². The van der Waals surface area contributed by atoms with Crippen molar-refractivity contribution in [1.29, 1.82) is 0 Å². The Kier molecular flexibility index (Phi) is 11.4. The maximum Gasteiger partial charge on any atom is 0.293 e. The van der Waals surface area contributed by atoms with E-state index in [2.05, 4.69) is 50.5 Å². The summed E-state index contributed by atoms with van der Waals surface area (Å²) >= 11 is 6.23. The lowest BCUT2D eigenvalue weighted by Gasteiger charge is -2.39. The average molecular weight is 840 g/mol. The number of hydrogen-bond donors (Lipinski definition) is 2. The van der Waals surface area contributed by atoms with Crippen molar-refractivity contribution in [3.8, 4) is 11.5 Å². The van der Waals surface area contributed by atoms with E-state index in [1.165, 1.54) is 35.0 Å². The molecule has 1 amide bonds. The van der Waals surface area contributed by atoms with Gasteiger partial charge >= 0.3 is 0 Å². The number of nitrogens with one attached hydrogen (secondary N) is 2. The third kappa shape index (κ3) is 9.08. The van der Waals surface area contributed by atoms with E-state index in [0.29, 0.717) is 37.7 Å². The van der Waals surface area contributed by atoms with E-state index < -0.39 is 25.7 Å². The maximum atomic E-state index is 13.9. The Balaban J connectivity index is 1.02. The van der Waals surface area contributed by atoms with Crippen LogP contribution in [-0.2, 0) is 14.8 Å². The highest BCUT2D eigenvalue weighted by molar-refractivity contribution is 7.90. The van der Waals surface area contributed by atoms with Crippen molar-refractivity contribution in [2.45, 2.75) is 38.0 Å². The molecule has 0 spiro atoms. The van der Waals surface area contributed by atoms with Gasteiger partial charge in [0.1, 0.15) is 22.8 Å². The number of halogens is 1. The normalized spacial score (nSPS) is 17.6. The van der Waals surface area contributed by atoms with Crippen molar-refractivity contribution >= 4 is 61.2 Å². The standard InChI is InChI=1S/C43H46ClN7O7S/c1-43(2)13-11-31(37(26-43)29-3-5-32(44)6-4-29)28-48-15-17-49(18-16-48)33-7-9-36(40(24-33)58-34-23-30-12-14-45-41(30)46-27-34)42(52)47-59(55,56)35-8-10-38(39(25-35)51(53)54)50-19-21-57-22-20-50/h3-10,12,14,23-25,27H,11,13,15-22,26,28H2,1-2H3,(H,45,46)(H,47,52). The highest BCUT2D eigenvalue weighted by atomic mass is 35.5. The second-order valence-electron chi connectivity index (χ2n) is 16.0. The fourth-order valence-corrected chi connectivity index (χ4v) is 9.22. The van der Waals surface area contributed by atoms with Crippen molar-refractivity contribution in [3.63, 3.8) is 0 Å². The van der Waals surface area contributed by atoms with Crippen LogP contribution in [0.15, 0.2) is 95.7 Å². The number of ether oxygens (including phenoxy) is 2. The summed E-state index contributed by atoms with van der Waals surface area (Å²) in [4.78, 5) is 38.8. The Hall–Kier alpha value is -5.48. The van der Waals surface area contributed by atoms with E-state index in [-0.39, 0.29) is 28.1 Å². The summed E-state index contributed by atoms with van der Waals surface area (Å²) in [6.07, 6.45) is 6.48. The summed E-state index contributed by atoms with van der Waals surface area (Å²) in [7, 11) is -4.55. The van der Waals surface area contributed by atoms with Crippen molar-refractivity contribution in [2.75, 3.05) is 68.8 Å². The molecule has 5 aromatic rings. The van der Waals surface area contributed by atoms with Gasteiger partial charge in [0.05, 0.1) is 34.8 Å². The molecular weight excluding hydrogens is 794 g/mol. The number of sulfonamides is 1. The first-order chi connectivity index (χ1) is 28.3. The molecule has 3 aliphatic rings. The number of carbonyl (C=O) groups is 1. The number of rotatable bonds is 11. The van der Waals surface area contributed by atoms with E-state index in [9.17, 15) is 23.3 Å². The number of amides is 1. The minimum atomic E-state index is -4.55. The number of nitrogens with zero attached hydrogens (tertiary/aromatic N) is 5. The van der Waals surface area contributed by atoms with Gasteiger partial charge in [0.25, 0.3) is 21.6 Å². The third-order valence-electron chi connectivity index (χ3n) is 11.4. The largest absolute Gasteiger partial charge is 0.455 e. The molecule has 2 aromatic heterocycles. The monoisotopic (exact) mass is 839 g/mol. The Bertz CT molecular complexity index is 2530. The fourth-order valence-electron chi connectivity index (χ4n) is 8.10. The predicted molar refractivity (Wildman–Crippen MR) is 228 cm³/mol. The molecule has 14 nitrogen and oxygen atoms in total. The third-order valence-corrected chi connectivity index (χ3v) is 13.0. The van der Waals surface area contributed by atoms with E-state index >= 15 is 0 Å². The number of pyridine rings is 1. The number of nitro groups is 1. The van der Waals surface area contributed by atoms with E-state index in [1.54, 1.807) is 35.4 Å². The SMILES string of the molecule is CC1(C)CCC(CN2CCN(c3ccc(C(=O)NS(=O)(=O)c4ccc(N5CCOCC5)c([N+](=O)[O-])c4)c(Oc4cnc5[nH]ccc5c4)c3)CC2)=C(c2ccc(Cl)cc2)C1. The van der Waals surface area contributed by atoms with Gasteiger partial charge in [-0.3, -0.25) is 19.8 Å². The highest BCUT2D eigenvalue weighted by Gasteiger charge is 2.31. The first kappa shape index (κ1) is 40.3. The molecule has 2 fully saturated rings. The number of aromatic nitrogens is 2. The van der Waals surface area contributed by atoms with Crippen LogP contribution in [0.1, 0.15) is 49.0 Å². The Labute approximate surface area is 348 Å². The molecular formula is C43H46ClN7O7S. The number of H-pyrrole nitrogens is 1. The molecule has 0 saturated carbocycles. The van der Waals surface area contributed by atoms with Crippen LogP contribution in [0.3, 0.4) is 0 Å². The highest BCUT2D eigenvalue weighted by Crippen LogP contribution is 2.43. The van der Waals surface area contributed by atoms with E-state index in [1.807, 2.05) is 18.2 Å². The zero-order valence-electron chi connectivity index (χ0n) is 32.9. The molecule has 2 aliphatic heterocycles. The number of allylic oxidation sites excluding steroid dienone is 1. The number of aromatic amines is 1. The first-order valence-electron chi connectivity index (χ1n) is 19.7. The zero-order valence-corrected chi connectivity index (χ0v) is 34.5. The molecule has 1 aliphatic carbocycles. The minimum absolute atomic E-state index is 0.0357. The Morgan fingerprint density at radius 2 is 1.75 bits per heavy atom. The molecule has 0 atom stereocenters. The van der Waals surface area contributed by atoms with E-state index in [0.717, 1.165) is 74.1 Å². The number of anilines is 2. The zero-order chi connectivity index (χ0) is 41.3. The molecule has 308 valence electrons. The molecule has 59 heavy (non-hydrogen) atoms. The second-order valence-corrected chi connectivity index (χ2v) is 18.1. The summed E-state index contributed by atoms with van der Waals surface area (Å²) in [5.74, 6) is -0.469. The van der Waals surface area contributed by atoms with Crippen LogP contribution in [0.4, 0.5) is 17.1 Å². The van der Waals surface area contributed by atoms with Crippen molar-refractivity contribution < 1.29 is 27.6 Å². The average Bonchev–Trinajstić information content (AvgIpc) is 3.70. The molecule has 2 saturated heterocycles. The molecule has 0 radical (unpaired) electrons. The lowest BCUT2D eigenvalue weighted by molar-refractivity contribution is -0.384. The quantitative estimate of drug-likeness (QED) is 0.0992. The van der Waals surface area contributed by atoms with Gasteiger partial charge in [-0.1, -0.05) is 43.2 Å². The fraction of sp³-hybridized carbons (Fsp3) is 0.349. The predicted octanol–water partition coefficient (Wildman–Crippen LogP) is 7.66. The van der Waals surface area contributed by atoms with Crippen molar-refractivity contribution in [2.24, 2.45) is 5.41 Å². The molecule has 2 N–H and O–H groups in total. The Morgan fingerprint density at radius 3 is 2.49 bits per heavy atom. The number of piperazine rings is 1. The lowest BCUT2D eigenvalue weighted by Crippen LogP contribution is -2.47. The van der Waals surface area contributed by atoms with Crippen LogP contribution in [0, 0.1) is 15.5 Å². The summed E-state index contributed by atoms with van der Waals surface area (Å²) < 4.78 is 41.1. The smallest absolute Gasteiger partial charge is 0.293 e. The van der Waals surface area contributed by atoms with Crippen LogP contribution in [-0.4, -0.2) is 93.1 Å².